The smallest absolute Gasteiger partial charge is 0.306 e. The van der Waals surface area contributed by atoms with Gasteiger partial charge in [0.05, 0.1) is 23.4 Å². The van der Waals surface area contributed by atoms with Crippen LogP contribution in [0.15, 0.2) is 41.0 Å². The first-order valence-corrected chi connectivity index (χ1v) is 6.85. The van der Waals surface area contributed by atoms with Crippen LogP contribution < -0.4 is 5.32 Å². The van der Waals surface area contributed by atoms with Gasteiger partial charge in [-0.25, -0.2) is 4.39 Å². The quantitative estimate of drug-likeness (QED) is 0.828. The maximum Gasteiger partial charge on any atom is 0.306 e. The molecule has 0 bridgehead atoms. The fourth-order valence-corrected chi connectivity index (χ4v) is 1.89. The summed E-state index contributed by atoms with van der Waals surface area (Å²) in [6.07, 6.45) is 2.02. The average molecular weight is 326 g/mol. The van der Waals surface area contributed by atoms with Gasteiger partial charge in [-0.05, 0) is 30.3 Å². The van der Waals surface area contributed by atoms with Crippen molar-refractivity contribution in [3.05, 3.63) is 53.2 Å². The molecule has 1 aromatic heterocycles. The molecular weight excluding hydrogens is 313 g/mol. The van der Waals surface area contributed by atoms with Crippen LogP contribution in [-0.2, 0) is 20.7 Å². The second-order valence-electron chi connectivity index (χ2n) is 4.41. The number of halogens is 2. The first-order chi connectivity index (χ1) is 10.5. The molecule has 22 heavy (non-hydrogen) atoms. The summed E-state index contributed by atoms with van der Waals surface area (Å²) in [7, 11) is 0. The molecule has 0 radical (unpaired) electrons. The standard InChI is InChI=1S/C15H13ClFNO4/c16-12-8-10(17)3-5-13(12)18-14(19)9-22-15(20)6-4-11-2-1-7-21-11/h1-3,5,7-8H,4,6,9H2,(H,18,19). The van der Waals surface area contributed by atoms with E-state index >= 15 is 0 Å². The van der Waals surface area contributed by atoms with Crippen LogP contribution in [0.1, 0.15) is 12.2 Å². The molecule has 0 aliphatic carbocycles. The van der Waals surface area contributed by atoms with E-state index in [-0.39, 0.29) is 17.1 Å². The number of carbonyl (C=O) groups is 2. The molecule has 2 aromatic rings. The number of hydrogen-bond acceptors (Lipinski definition) is 4. The van der Waals surface area contributed by atoms with Gasteiger partial charge in [-0.1, -0.05) is 11.6 Å². The molecule has 1 heterocycles. The first-order valence-electron chi connectivity index (χ1n) is 6.47. The molecule has 5 nitrogen and oxygen atoms in total. The summed E-state index contributed by atoms with van der Waals surface area (Å²) in [5, 5.41) is 2.50. The monoisotopic (exact) mass is 325 g/mol. The van der Waals surface area contributed by atoms with Crippen molar-refractivity contribution in [2.24, 2.45) is 0 Å². The Morgan fingerprint density at radius 3 is 2.82 bits per heavy atom. The van der Waals surface area contributed by atoms with Gasteiger partial charge in [-0.15, -0.1) is 0 Å². The summed E-state index contributed by atoms with van der Waals surface area (Å²) < 4.78 is 22.8. The van der Waals surface area contributed by atoms with Crippen molar-refractivity contribution >= 4 is 29.2 Å². The third kappa shape index (κ3) is 4.89. The number of amides is 1. The van der Waals surface area contributed by atoms with Crippen molar-refractivity contribution < 1.29 is 23.1 Å². The second-order valence-corrected chi connectivity index (χ2v) is 4.82. The highest BCUT2D eigenvalue weighted by Gasteiger charge is 2.10. The van der Waals surface area contributed by atoms with Crippen molar-refractivity contribution in [2.45, 2.75) is 12.8 Å². The van der Waals surface area contributed by atoms with E-state index in [1.54, 1.807) is 12.1 Å². The average Bonchev–Trinajstić information content (AvgIpc) is 2.99. The lowest BCUT2D eigenvalue weighted by Gasteiger charge is -2.08. The van der Waals surface area contributed by atoms with Gasteiger partial charge in [0.2, 0.25) is 0 Å². The summed E-state index contributed by atoms with van der Waals surface area (Å²) in [4.78, 5) is 23.1. The van der Waals surface area contributed by atoms with Crippen molar-refractivity contribution in [2.75, 3.05) is 11.9 Å². The molecular formula is C15H13ClFNO4. The third-order valence-corrected chi connectivity index (χ3v) is 3.04. The normalized spacial score (nSPS) is 10.3. The van der Waals surface area contributed by atoms with Gasteiger partial charge in [0.25, 0.3) is 5.91 Å². The van der Waals surface area contributed by atoms with Gasteiger partial charge in [0.1, 0.15) is 11.6 Å². The van der Waals surface area contributed by atoms with E-state index in [0.29, 0.717) is 12.2 Å². The molecule has 2 rings (SSSR count). The number of furan rings is 1. The summed E-state index contributed by atoms with van der Waals surface area (Å²) in [6, 6.07) is 7.04. The van der Waals surface area contributed by atoms with Gasteiger partial charge >= 0.3 is 5.97 Å². The van der Waals surface area contributed by atoms with E-state index in [4.69, 9.17) is 20.8 Å². The lowest BCUT2D eigenvalue weighted by Crippen LogP contribution is -2.21. The summed E-state index contributed by atoms with van der Waals surface area (Å²) in [6.45, 7) is -0.440. The number of carbonyl (C=O) groups excluding carboxylic acids is 2. The van der Waals surface area contributed by atoms with E-state index < -0.39 is 24.3 Å². The SMILES string of the molecule is O=C(COC(=O)CCc1ccco1)Nc1ccc(F)cc1Cl. The Bertz CT molecular complexity index is 658. The van der Waals surface area contributed by atoms with Gasteiger partial charge in [0.15, 0.2) is 6.61 Å². The number of benzene rings is 1. The van der Waals surface area contributed by atoms with Crippen LogP contribution in [0.4, 0.5) is 10.1 Å². The number of hydrogen-bond donors (Lipinski definition) is 1. The van der Waals surface area contributed by atoms with Gasteiger partial charge < -0.3 is 14.5 Å². The van der Waals surface area contributed by atoms with Crippen LogP contribution in [0, 0.1) is 5.82 Å². The summed E-state index contributed by atoms with van der Waals surface area (Å²) in [5.41, 5.74) is 0.250. The van der Waals surface area contributed by atoms with E-state index in [1.807, 2.05) is 0 Å². The number of nitrogens with one attached hydrogen (secondary N) is 1. The highest BCUT2D eigenvalue weighted by atomic mass is 35.5. The molecule has 7 heteroatoms. The summed E-state index contributed by atoms with van der Waals surface area (Å²) in [5.74, 6) is -0.913. The van der Waals surface area contributed by atoms with E-state index in [9.17, 15) is 14.0 Å². The molecule has 0 spiro atoms. The largest absolute Gasteiger partial charge is 0.469 e. The zero-order chi connectivity index (χ0) is 15.9. The molecule has 0 aliphatic rings. The van der Waals surface area contributed by atoms with Crippen LogP contribution >= 0.6 is 11.6 Å². The maximum absolute atomic E-state index is 12.9. The minimum absolute atomic E-state index is 0.0671. The zero-order valence-corrected chi connectivity index (χ0v) is 12.2. The molecule has 0 atom stereocenters. The molecule has 0 saturated carbocycles. The van der Waals surface area contributed by atoms with Crippen molar-refractivity contribution in [1.29, 1.82) is 0 Å². The lowest BCUT2D eigenvalue weighted by molar-refractivity contribution is -0.147. The van der Waals surface area contributed by atoms with Crippen molar-refractivity contribution in [1.82, 2.24) is 0 Å². The zero-order valence-electron chi connectivity index (χ0n) is 11.5. The minimum Gasteiger partial charge on any atom is -0.469 e. The topological polar surface area (TPSA) is 68.5 Å². The number of anilines is 1. The summed E-state index contributed by atoms with van der Waals surface area (Å²) >= 11 is 5.77. The fourth-order valence-electron chi connectivity index (χ4n) is 1.68. The number of rotatable bonds is 6. The van der Waals surface area contributed by atoms with Gasteiger partial charge in [-0.2, -0.15) is 0 Å². The van der Waals surface area contributed by atoms with Crippen LogP contribution in [-0.4, -0.2) is 18.5 Å². The Morgan fingerprint density at radius 2 is 2.14 bits per heavy atom. The predicted octanol–water partition coefficient (Wildman–Crippen LogP) is 3.19. The Labute approximate surface area is 131 Å². The molecule has 0 aliphatic heterocycles. The Balaban J connectivity index is 1.74. The second kappa shape index (κ2) is 7.61. The van der Waals surface area contributed by atoms with Crippen molar-refractivity contribution in [3.63, 3.8) is 0 Å². The minimum atomic E-state index is -0.556. The first kappa shape index (κ1) is 16.0. The van der Waals surface area contributed by atoms with Crippen molar-refractivity contribution in [3.8, 4) is 0 Å². The van der Waals surface area contributed by atoms with Gasteiger partial charge in [0, 0.05) is 6.42 Å². The predicted molar refractivity (Wildman–Crippen MR) is 78.0 cm³/mol. The Morgan fingerprint density at radius 1 is 1.32 bits per heavy atom. The molecule has 1 aromatic carbocycles. The van der Waals surface area contributed by atoms with Crippen LogP contribution in [0.3, 0.4) is 0 Å². The Hall–Kier alpha value is -2.34. The van der Waals surface area contributed by atoms with Gasteiger partial charge in [-0.3, -0.25) is 9.59 Å². The highest BCUT2D eigenvalue weighted by molar-refractivity contribution is 6.33. The molecule has 0 saturated heterocycles. The number of esters is 1. The molecule has 1 N–H and O–H groups in total. The highest BCUT2D eigenvalue weighted by Crippen LogP contribution is 2.22. The van der Waals surface area contributed by atoms with Crippen LogP contribution in [0.25, 0.3) is 0 Å². The maximum atomic E-state index is 12.9. The molecule has 0 fully saturated rings. The number of ether oxygens (including phenoxy) is 1. The lowest BCUT2D eigenvalue weighted by atomic mass is 10.2. The van der Waals surface area contributed by atoms with Crippen LogP contribution in [0.2, 0.25) is 5.02 Å². The molecule has 1 amide bonds. The molecule has 0 unspecified atom stereocenters. The van der Waals surface area contributed by atoms with E-state index in [1.165, 1.54) is 12.3 Å². The van der Waals surface area contributed by atoms with E-state index in [0.717, 1.165) is 12.1 Å². The molecule has 116 valence electrons. The number of aryl methyl sites for hydroxylation is 1. The van der Waals surface area contributed by atoms with Crippen LogP contribution in [0.5, 0.6) is 0 Å². The fraction of sp³-hybridized carbons (Fsp3) is 0.200. The Kier molecular flexibility index (Phi) is 5.55. The van der Waals surface area contributed by atoms with E-state index in [2.05, 4.69) is 5.32 Å². The third-order valence-electron chi connectivity index (χ3n) is 2.73.